The van der Waals surface area contributed by atoms with Gasteiger partial charge in [-0.05, 0) is 30.3 Å². The van der Waals surface area contributed by atoms with E-state index in [1.165, 1.54) is 16.9 Å². The fourth-order valence-corrected chi connectivity index (χ4v) is 3.61. The van der Waals surface area contributed by atoms with Crippen LogP contribution in [-0.2, 0) is 0 Å². The number of nitrogens with two attached hydrogens (primary N) is 1. The lowest BCUT2D eigenvalue weighted by atomic mass is 10.2. The predicted molar refractivity (Wildman–Crippen MR) is 115 cm³/mol. The van der Waals surface area contributed by atoms with E-state index >= 15 is 0 Å². The summed E-state index contributed by atoms with van der Waals surface area (Å²) in [4.78, 5) is 20.1. The number of benzene rings is 2. The average molecular weight is 456 g/mol. The van der Waals surface area contributed by atoms with E-state index in [-0.39, 0.29) is 28.9 Å². The molecule has 0 aliphatic carbocycles. The second kappa shape index (κ2) is 7.15. The summed E-state index contributed by atoms with van der Waals surface area (Å²) >= 11 is 12.2. The Balaban J connectivity index is 1.59. The van der Waals surface area contributed by atoms with E-state index in [9.17, 15) is 9.90 Å². The molecule has 5 rings (SSSR count). The van der Waals surface area contributed by atoms with Gasteiger partial charge >= 0.3 is 11.6 Å². The van der Waals surface area contributed by atoms with Crippen LogP contribution in [0.4, 0.5) is 5.82 Å². The minimum atomic E-state index is -0.687. The molecular weight excluding hydrogens is 445 g/mol. The van der Waals surface area contributed by atoms with Crippen LogP contribution in [0.25, 0.3) is 27.7 Å². The summed E-state index contributed by atoms with van der Waals surface area (Å²) in [5.74, 6) is 0.241. The number of aromatic nitrogens is 4. The number of hydrogen-bond donors (Lipinski definition) is 2. The Morgan fingerprint density at radius 2 is 1.81 bits per heavy atom. The Kier molecular flexibility index (Phi) is 4.42. The number of nitrogen functional groups attached to an aromatic ring is 1. The third-order valence-electron chi connectivity index (χ3n) is 4.43. The van der Waals surface area contributed by atoms with Gasteiger partial charge in [-0.2, -0.15) is 15.1 Å². The van der Waals surface area contributed by atoms with Gasteiger partial charge in [0.25, 0.3) is 0 Å². The molecule has 3 heterocycles. The van der Waals surface area contributed by atoms with Crippen molar-refractivity contribution in [1.29, 1.82) is 0 Å². The molecule has 3 N–H and O–H groups in total. The molecule has 0 spiro atoms. The zero-order chi connectivity index (χ0) is 21.7. The molecule has 0 unspecified atom stereocenters. The zero-order valence-corrected chi connectivity index (χ0v) is 16.9. The van der Waals surface area contributed by atoms with E-state index in [4.69, 9.17) is 38.1 Å². The van der Waals surface area contributed by atoms with E-state index in [1.807, 2.05) is 0 Å². The van der Waals surface area contributed by atoms with E-state index in [1.54, 1.807) is 30.3 Å². The van der Waals surface area contributed by atoms with Gasteiger partial charge in [-0.15, -0.1) is 0 Å². The van der Waals surface area contributed by atoms with Gasteiger partial charge in [0.2, 0.25) is 0 Å². The molecule has 0 saturated heterocycles. The third-order valence-corrected chi connectivity index (χ3v) is 4.87. The monoisotopic (exact) mass is 455 g/mol. The Morgan fingerprint density at radius 3 is 2.58 bits per heavy atom. The van der Waals surface area contributed by atoms with Gasteiger partial charge in [-0.25, -0.2) is 9.48 Å². The summed E-state index contributed by atoms with van der Waals surface area (Å²) in [6, 6.07) is 10.4. The van der Waals surface area contributed by atoms with Crippen molar-refractivity contribution in [2.24, 2.45) is 0 Å². The topological polar surface area (TPSA) is 129 Å². The first-order chi connectivity index (χ1) is 14.9. The number of halogens is 2. The highest BCUT2D eigenvalue weighted by Crippen LogP contribution is 2.30. The number of hydrogen-bond acceptors (Lipinski definition) is 8. The van der Waals surface area contributed by atoms with Crippen LogP contribution in [0.3, 0.4) is 0 Å². The van der Waals surface area contributed by atoms with Crippen LogP contribution < -0.4 is 16.1 Å². The smallest absolute Gasteiger partial charge is 0.339 e. The lowest BCUT2D eigenvalue weighted by Gasteiger charge is -2.08. The second-order valence-corrected chi connectivity index (χ2v) is 7.40. The Labute approximate surface area is 183 Å². The highest BCUT2D eigenvalue weighted by atomic mass is 35.5. The van der Waals surface area contributed by atoms with Crippen molar-refractivity contribution in [3.8, 4) is 23.2 Å². The lowest BCUT2D eigenvalue weighted by Crippen LogP contribution is -2.02. The molecule has 11 heteroatoms. The Hall–Kier alpha value is -3.82. The standard InChI is InChI=1S/C20H11Cl2N5O4/c21-9-3-10(22)5-11(4-9)27-19-14(8-24-27)18(23)25-20(26-19)30-12-1-2-13-15(28)7-17(29)31-16(13)6-12/h1-8,28H,(H2,23,25,26). The molecule has 154 valence electrons. The zero-order valence-electron chi connectivity index (χ0n) is 15.4. The van der Waals surface area contributed by atoms with Gasteiger partial charge in [0.1, 0.15) is 22.9 Å². The van der Waals surface area contributed by atoms with Crippen molar-refractivity contribution in [3.05, 3.63) is 69.1 Å². The highest BCUT2D eigenvalue weighted by molar-refractivity contribution is 6.34. The van der Waals surface area contributed by atoms with Gasteiger partial charge in [-0.3, -0.25) is 0 Å². The molecule has 31 heavy (non-hydrogen) atoms. The third kappa shape index (κ3) is 3.49. The first-order valence-corrected chi connectivity index (χ1v) is 9.55. The number of nitrogens with zero attached hydrogens (tertiary/aromatic N) is 4. The van der Waals surface area contributed by atoms with Gasteiger partial charge in [0.05, 0.1) is 28.7 Å². The molecule has 0 aliphatic rings. The van der Waals surface area contributed by atoms with E-state index in [0.717, 1.165) is 6.07 Å². The maximum Gasteiger partial charge on any atom is 0.339 e. The average Bonchev–Trinajstić information content (AvgIpc) is 3.11. The maximum absolute atomic E-state index is 11.5. The first kappa shape index (κ1) is 19.2. The van der Waals surface area contributed by atoms with Crippen molar-refractivity contribution in [2.45, 2.75) is 0 Å². The number of aromatic hydroxyl groups is 1. The summed E-state index contributed by atoms with van der Waals surface area (Å²) in [7, 11) is 0. The minimum absolute atomic E-state index is 0.0540. The number of rotatable bonds is 3. The Bertz CT molecular complexity index is 1530. The molecule has 3 aromatic heterocycles. The van der Waals surface area contributed by atoms with Gasteiger partial charge < -0.3 is 20.0 Å². The summed E-state index contributed by atoms with van der Waals surface area (Å²) in [5.41, 5.74) is 6.49. The van der Waals surface area contributed by atoms with Crippen LogP contribution in [0.5, 0.6) is 17.5 Å². The first-order valence-electron chi connectivity index (χ1n) is 8.80. The normalized spacial score (nSPS) is 11.3. The van der Waals surface area contributed by atoms with Crippen LogP contribution in [0.2, 0.25) is 10.0 Å². The van der Waals surface area contributed by atoms with Crippen molar-refractivity contribution >= 4 is 51.0 Å². The predicted octanol–water partition coefficient (Wildman–Crippen LogP) is 4.31. The number of fused-ring (bicyclic) bond motifs is 2. The molecule has 0 bridgehead atoms. The minimum Gasteiger partial charge on any atom is -0.507 e. The molecule has 0 aliphatic heterocycles. The van der Waals surface area contributed by atoms with Crippen molar-refractivity contribution in [3.63, 3.8) is 0 Å². The van der Waals surface area contributed by atoms with E-state index < -0.39 is 5.63 Å². The SMILES string of the molecule is Nc1nc(Oc2ccc3c(O)cc(=O)oc3c2)nc2c1cnn2-c1cc(Cl)cc(Cl)c1. The molecule has 0 atom stereocenters. The maximum atomic E-state index is 11.5. The van der Waals surface area contributed by atoms with Gasteiger partial charge in [-0.1, -0.05) is 23.2 Å². The number of anilines is 1. The summed E-state index contributed by atoms with van der Waals surface area (Å²) in [5, 5.41) is 15.9. The van der Waals surface area contributed by atoms with Crippen LogP contribution in [0.15, 0.2) is 57.9 Å². The summed E-state index contributed by atoms with van der Waals surface area (Å²) < 4.78 is 12.3. The molecule has 0 fully saturated rings. The fourth-order valence-electron chi connectivity index (χ4n) is 3.10. The van der Waals surface area contributed by atoms with Crippen molar-refractivity contribution < 1.29 is 14.3 Å². The Morgan fingerprint density at radius 1 is 1.03 bits per heavy atom. The fraction of sp³-hybridized carbons (Fsp3) is 0. The largest absolute Gasteiger partial charge is 0.507 e. The van der Waals surface area contributed by atoms with Crippen LogP contribution in [0, 0.1) is 0 Å². The quantitative estimate of drug-likeness (QED) is 0.385. The molecule has 9 nitrogen and oxygen atoms in total. The van der Waals surface area contributed by atoms with E-state index in [0.29, 0.717) is 32.2 Å². The summed E-state index contributed by atoms with van der Waals surface area (Å²) in [6.45, 7) is 0. The van der Waals surface area contributed by atoms with E-state index in [2.05, 4.69) is 15.1 Å². The molecular formula is C20H11Cl2N5O4. The lowest BCUT2D eigenvalue weighted by molar-refractivity contribution is 0.442. The molecule has 2 aromatic carbocycles. The van der Waals surface area contributed by atoms with Gasteiger partial charge in [0, 0.05) is 16.1 Å². The molecule has 0 saturated carbocycles. The second-order valence-electron chi connectivity index (χ2n) is 6.52. The number of ether oxygens (including phenoxy) is 1. The van der Waals surface area contributed by atoms with Crippen molar-refractivity contribution in [1.82, 2.24) is 19.7 Å². The van der Waals surface area contributed by atoms with Gasteiger partial charge in [0.15, 0.2) is 5.65 Å². The van der Waals surface area contributed by atoms with Crippen LogP contribution in [0.1, 0.15) is 0 Å². The molecule has 5 aromatic rings. The summed E-state index contributed by atoms with van der Waals surface area (Å²) in [6.07, 6.45) is 1.52. The molecule has 0 amide bonds. The molecule has 0 radical (unpaired) electrons. The van der Waals surface area contributed by atoms with Crippen LogP contribution >= 0.6 is 23.2 Å². The van der Waals surface area contributed by atoms with Crippen molar-refractivity contribution in [2.75, 3.05) is 5.73 Å². The highest BCUT2D eigenvalue weighted by Gasteiger charge is 2.15. The van der Waals surface area contributed by atoms with Crippen LogP contribution in [-0.4, -0.2) is 24.9 Å².